The molecule has 0 heteroatoms. The summed E-state index contributed by atoms with van der Waals surface area (Å²) in [5.74, 6) is 0. The average Bonchev–Trinajstić information content (AvgIpc) is 2.86. The lowest BCUT2D eigenvalue weighted by atomic mass is 9.97. The van der Waals surface area contributed by atoms with Crippen molar-refractivity contribution in [3.05, 3.63) is 89.0 Å². The van der Waals surface area contributed by atoms with Crippen LogP contribution in [0.25, 0.3) is 17.7 Å². The zero-order chi connectivity index (χ0) is 17.4. The molecule has 1 aliphatic rings. The molecular formula is C24H28. The maximum absolute atomic E-state index is 4.22. The summed E-state index contributed by atoms with van der Waals surface area (Å²) in [6, 6.07) is 15.2. The van der Waals surface area contributed by atoms with Crippen LogP contribution < -0.4 is 0 Å². The zero-order valence-corrected chi connectivity index (χ0v) is 15.2. The van der Waals surface area contributed by atoms with E-state index >= 15 is 0 Å². The predicted molar refractivity (Wildman–Crippen MR) is 109 cm³/mol. The third kappa shape index (κ3) is 4.83. The van der Waals surface area contributed by atoms with E-state index in [4.69, 9.17) is 0 Å². The molecule has 0 atom stereocenters. The molecule has 0 aliphatic heterocycles. The molecule has 1 aliphatic carbocycles. The molecule has 0 spiro atoms. The second kappa shape index (κ2) is 9.08. The molecule has 124 valence electrons. The van der Waals surface area contributed by atoms with Gasteiger partial charge in [0.1, 0.15) is 0 Å². The van der Waals surface area contributed by atoms with E-state index in [1.54, 1.807) is 0 Å². The van der Waals surface area contributed by atoms with Gasteiger partial charge in [-0.1, -0.05) is 86.7 Å². The van der Waals surface area contributed by atoms with Crippen LogP contribution in [-0.2, 0) is 6.42 Å². The molecular weight excluding hydrogens is 288 g/mol. The Labute approximate surface area is 147 Å². The monoisotopic (exact) mass is 316 g/mol. The average molecular weight is 316 g/mol. The Morgan fingerprint density at radius 3 is 2.71 bits per heavy atom. The van der Waals surface area contributed by atoms with Crippen molar-refractivity contribution < 1.29 is 0 Å². The second-order valence-corrected chi connectivity index (χ2v) is 5.98. The van der Waals surface area contributed by atoms with Gasteiger partial charge in [0.25, 0.3) is 0 Å². The van der Waals surface area contributed by atoms with E-state index in [2.05, 4.69) is 80.3 Å². The Bertz CT molecular complexity index is 744. The second-order valence-electron chi connectivity index (χ2n) is 5.98. The van der Waals surface area contributed by atoms with Crippen molar-refractivity contribution >= 4 is 17.7 Å². The Morgan fingerprint density at radius 2 is 1.92 bits per heavy atom. The van der Waals surface area contributed by atoms with E-state index in [0.717, 1.165) is 5.57 Å². The normalized spacial score (nSPS) is 13.0. The number of aryl methyl sites for hydroxylation is 2. The van der Waals surface area contributed by atoms with E-state index in [0.29, 0.717) is 0 Å². The Balaban J connectivity index is 0.00000100. The van der Waals surface area contributed by atoms with Crippen LogP contribution in [0, 0.1) is 6.92 Å². The van der Waals surface area contributed by atoms with Gasteiger partial charge < -0.3 is 0 Å². The van der Waals surface area contributed by atoms with E-state index in [1.807, 2.05) is 13.8 Å². The number of fused-ring (bicyclic) bond motifs is 1. The topological polar surface area (TPSA) is 0 Å². The standard InChI is InChI=1S/C22H22.C2H6/c1-17-7-6-8-19(15-17)12-11-18(2)21-14-13-20-9-4-3-5-10-22(20)16-21;1-2/h5-8,10-16H,2-4,9H2,1H3;1-2H3/b12-11+;. The van der Waals surface area contributed by atoms with E-state index in [9.17, 15) is 0 Å². The number of hydrogen-bond acceptors (Lipinski definition) is 0. The summed E-state index contributed by atoms with van der Waals surface area (Å²) in [7, 11) is 0. The quantitative estimate of drug-likeness (QED) is 0.530. The number of hydrogen-bond donors (Lipinski definition) is 0. The summed E-state index contributed by atoms with van der Waals surface area (Å²) in [6.07, 6.45) is 12.4. The smallest absolute Gasteiger partial charge is 0.0184 e. The predicted octanol–water partition coefficient (Wildman–Crippen LogP) is 7.10. The zero-order valence-electron chi connectivity index (χ0n) is 15.2. The van der Waals surface area contributed by atoms with Gasteiger partial charge in [-0.05, 0) is 60.1 Å². The van der Waals surface area contributed by atoms with Crippen LogP contribution in [-0.4, -0.2) is 0 Å². The molecule has 0 saturated carbocycles. The van der Waals surface area contributed by atoms with Gasteiger partial charge in [0.2, 0.25) is 0 Å². The van der Waals surface area contributed by atoms with Gasteiger partial charge in [0.05, 0.1) is 0 Å². The Hall–Kier alpha value is -2.34. The highest BCUT2D eigenvalue weighted by Crippen LogP contribution is 2.24. The molecule has 0 fully saturated rings. The SMILES string of the molecule is C=C(/C=C/c1cccc(C)c1)c1ccc2c(c1)C=CCCC2.CC. The highest BCUT2D eigenvalue weighted by Gasteiger charge is 2.05. The minimum absolute atomic E-state index is 1.06. The van der Waals surface area contributed by atoms with Crippen LogP contribution in [0.5, 0.6) is 0 Å². The molecule has 0 N–H and O–H groups in total. The van der Waals surface area contributed by atoms with Gasteiger partial charge >= 0.3 is 0 Å². The van der Waals surface area contributed by atoms with Gasteiger partial charge in [0, 0.05) is 0 Å². The molecule has 0 amide bonds. The molecule has 2 aromatic carbocycles. The summed E-state index contributed by atoms with van der Waals surface area (Å²) in [4.78, 5) is 0. The molecule has 3 rings (SSSR count). The van der Waals surface area contributed by atoms with Crippen molar-refractivity contribution in [1.29, 1.82) is 0 Å². The summed E-state index contributed by atoms with van der Waals surface area (Å²) < 4.78 is 0. The van der Waals surface area contributed by atoms with Gasteiger partial charge in [0.15, 0.2) is 0 Å². The third-order valence-electron chi connectivity index (χ3n) is 4.15. The first kappa shape index (κ1) is 18.0. The first-order valence-electron chi connectivity index (χ1n) is 8.96. The van der Waals surface area contributed by atoms with Crippen molar-refractivity contribution in [3.8, 4) is 0 Å². The van der Waals surface area contributed by atoms with Crippen LogP contribution in [0.2, 0.25) is 0 Å². The minimum atomic E-state index is 1.06. The number of allylic oxidation sites excluding steroid dienone is 3. The minimum Gasteiger partial charge on any atom is -0.0912 e. The van der Waals surface area contributed by atoms with Crippen LogP contribution >= 0.6 is 0 Å². The number of benzene rings is 2. The molecule has 0 saturated heterocycles. The largest absolute Gasteiger partial charge is 0.0912 e. The van der Waals surface area contributed by atoms with Crippen LogP contribution in [0.3, 0.4) is 0 Å². The maximum Gasteiger partial charge on any atom is -0.0184 e. The molecule has 0 radical (unpaired) electrons. The van der Waals surface area contributed by atoms with Crippen molar-refractivity contribution in [2.24, 2.45) is 0 Å². The molecule has 0 nitrogen and oxygen atoms in total. The van der Waals surface area contributed by atoms with Gasteiger partial charge in [-0.3, -0.25) is 0 Å². The fraction of sp³-hybridized carbons (Fsp3) is 0.250. The molecule has 24 heavy (non-hydrogen) atoms. The Morgan fingerprint density at radius 1 is 1.08 bits per heavy atom. The van der Waals surface area contributed by atoms with Crippen molar-refractivity contribution in [2.45, 2.75) is 40.0 Å². The number of rotatable bonds is 3. The lowest BCUT2D eigenvalue weighted by Gasteiger charge is -2.07. The molecule has 0 bridgehead atoms. The molecule has 0 unspecified atom stereocenters. The summed E-state index contributed by atoms with van der Waals surface area (Å²) in [6.45, 7) is 10.3. The lowest BCUT2D eigenvalue weighted by molar-refractivity contribution is 0.851. The summed E-state index contributed by atoms with van der Waals surface area (Å²) in [5.41, 5.74) is 7.56. The highest BCUT2D eigenvalue weighted by atomic mass is 14.1. The van der Waals surface area contributed by atoms with Gasteiger partial charge in [-0.25, -0.2) is 0 Å². The lowest BCUT2D eigenvalue weighted by Crippen LogP contribution is -1.90. The molecule has 2 aromatic rings. The van der Waals surface area contributed by atoms with Gasteiger partial charge in [-0.2, -0.15) is 0 Å². The maximum atomic E-state index is 4.22. The van der Waals surface area contributed by atoms with Crippen molar-refractivity contribution in [3.63, 3.8) is 0 Å². The Kier molecular flexibility index (Phi) is 6.81. The van der Waals surface area contributed by atoms with Crippen LogP contribution in [0.4, 0.5) is 0 Å². The van der Waals surface area contributed by atoms with E-state index in [-0.39, 0.29) is 0 Å². The van der Waals surface area contributed by atoms with E-state index < -0.39 is 0 Å². The fourth-order valence-corrected chi connectivity index (χ4v) is 2.86. The van der Waals surface area contributed by atoms with Crippen LogP contribution in [0.15, 0.2) is 61.2 Å². The highest BCUT2D eigenvalue weighted by molar-refractivity contribution is 5.78. The fourth-order valence-electron chi connectivity index (χ4n) is 2.86. The third-order valence-corrected chi connectivity index (χ3v) is 4.15. The molecule has 0 aromatic heterocycles. The first-order chi connectivity index (χ1) is 11.7. The van der Waals surface area contributed by atoms with E-state index in [1.165, 1.54) is 47.1 Å². The van der Waals surface area contributed by atoms with Crippen molar-refractivity contribution in [1.82, 2.24) is 0 Å². The van der Waals surface area contributed by atoms with Crippen molar-refractivity contribution in [2.75, 3.05) is 0 Å². The van der Waals surface area contributed by atoms with Gasteiger partial charge in [-0.15, -0.1) is 0 Å². The summed E-state index contributed by atoms with van der Waals surface area (Å²) in [5, 5.41) is 0. The van der Waals surface area contributed by atoms with Crippen LogP contribution in [0.1, 0.15) is 54.5 Å². The summed E-state index contributed by atoms with van der Waals surface area (Å²) >= 11 is 0. The first-order valence-corrected chi connectivity index (χ1v) is 8.96. The molecule has 0 heterocycles.